The predicted molar refractivity (Wildman–Crippen MR) is 148 cm³/mol. The van der Waals surface area contributed by atoms with E-state index in [4.69, 9.17) is 18.9 Å². The summed E-state index contributed by atoms with van der Waals surface area (Å²) in [4.78, 5) is 35.2. The van der Waals surface area contributed by atoms with Crippen LogP contribution in [0.3, 0.4) is 0 Å². The monoisotopic (exact) mass is 537 g/mol. The third kappa shape index (κ3) is 4.61. The van der Waals surface area contributed by atoms with Gasteiger partial charge in [0.1, 0.15) is 11.1 Å². The van der Waals surface area contributed by atoms with E-state index < -0.39 is 11.5 Å². The summed E-state index contributed by atoms with van der Waals surface area (Å²) in [5, 5.41) is 3.15. The van der Waals surface area contributed by atoms with Crippen LogP contribution in [0.15, 0.2) is 63.8 Å². The fourth-order valence-electron chi connectivity index (χ4n) is 4.42. The number of carbonyl (C=O) groups is 1. The van der Waals surface area contributed by atoms with Crippen molar-refractivity contribution in [3.05, 3.63) is 70.6 Å². The second kappa shape index (κ2) is 10.0. The van der Waals surface area contributed by atoms with Gasteiger partial charge in [0.25, 0.3) is 5.91 Å². The fourth-order valence-corrected chi connectivity index (χ4v) is 5.42. The van der Waals surface area contributed by atoms with Crippen LogP contribution >= 0.6 is 23.7 Å². The van der Waals surface area contributed by atoms with E-state index in [2.05, 4.69) is 4.90 Å². The first-order chi connectivity index (χ1) is 17.5. The molecule has 8 nitrogen and oxygen atoms in total. The van der Waals surface area contributed by atoms with Crippen molar-refractivity contribution in [1.29, 1.82) is 0 Å². The van der Waals surface area contributed by atoms with E-state index in [1.807, 2.05) is 56.6 Å². The Hall–Kier alpha value is -3.66. The van der Waals surface area contributed by atoms with E-state index in [0.717, 1.165) is 27.4 Å². The number of benzene rings is 3. The molecule has 0 fully saturated rings. The van der Waals surface area contributed by atoms with E-state index in [1.54, 1.807) is 17.0 Å². The lowest BCUT2D eigenvalue weighted by atomic mass is 10.0. The number of amides is 1. The zero-order valence-electron chi connectivity index (χ0n) is 20.2. The topological polar surface area (TPSA) is 85.1 Å². The highest BCUT2D eigenvalue weighted by molar-refractivity contribution is 7.22. The van der Waals surface area contributed by atoms with Crippen molar-refractivity contribution >= 4 is 66.7 Å². The molecule has 0 bridgehead atoms. The molecular weight excluding hydrogens is 514 g/mol. The Kier molecular flexibility index (Phi) is 6.76. The largest absolute Gasteiger partial charge is 0.454 e. The summed E-state index contributed by atoms with van der Waals surface area (Å²) in [6.45, 7) is 1.36. The van der Waals surface area contributed by atoms with Gasteiger partial charge in [-0.25, -0.2) is 9.78 Å². The van der Waals surface area contributed by atoms with E-state index in [0.29, 0.717) is 40.7 Å². The highest BCUT2D eigenvalue weighted by atomic mass is 35.5. The van der Waals surface area contributed by atoms with Gasteiger partial charge in [0.2, 0.25) is 6.79 Å². The van der Waals surface area contributed by atoms with Crippen molar-refractivity contribution in [2.24, 2.45) is 0 Å². The first kappa shape index (κ1) is 25.0. The summed E-state index contributed by atoms with van der Waals surface area (Å²) in [6.07, 6.45) is 0.708. The van der Waals surface area contributed by atoms with Crippen LogP contribution in [0.25, 0.3) is 32.0 Å². The molecule has 1 aliphatic rings. The zero-order chi connectivity index (χ0) is 24.8. The maximum Gasteiger partial charge on any atom is 0.349 e. The van der Waals surface area contributed by atoms with Crippen molar-refractivity contribution in [1.82, 2.24) is 9.88 Å². The third-order valence-electron chi connectivity index (χ3n) is 6.21. The molecule has 0 spiro atoms. The number of thiazole rings is 1. The number of aromatic nitrogens is 1. The summed E-state index contributed by atoms with van der Waals surface area (Å²) in [7, 11) is 3.96. The lowest BCUT2D eigenvalue weighted by Crippen LogP contribution is -2.36. The Balaban J connectivity index is 0.00000280. The van der Waals surface area contributed by atoms with Crippen LogP contribution in [0, 0.1) is 0 Å². The van der Waals surface area contributed by atoms with Crippen molar-refractivity contribution < 1.29 is 18.7 Å². The van der Waals surface area contributed by atoms with Gasteiger partial charge in [0, 0.05) is 24.1 Å². The molecule has 0 unspecified atom stereocenters. The summed E-state index contributed by atoms with van der Waals surface area (Å²) in [5.41, 5.74) is 0.476. The summed E-state index contributed by atoms with van der Waals surface area (Å²) >= 11 is 1.38. The number of rotatable bonds is 6. The Morgan fingerprint density at radius 1 is 1.00 bits per heavy atom. The van der Waals surface area contributed by atoms with Gasteiger partial charge < -0.3 is 18.8 Å². The number of hydrogen-bond acceptors (Lipinski definition) is 8. The molecule has 6 rings (SSSR count). The van der Waals surface area contributed by atoms with Crippen LogP contribution in [-0.4, -0.2) is 49.8 Å². The van der Waals surface area contributed by atoms with Crippen molar-refractivity contribution in [3.63, 3.8) is 0 Å². The standard InChI is InChI=1S/C27H23N3O5S.ClH/c1-29(2)10-5-11-30(27-28-20-13-22-23(34-15-33-22)14-24(20)36-27)25(31)19-12-18-17-7-4-3-6-16(17)8-9-21(18)35-26(19)32;/h3-4,6-9,12-14H,5,10-11,15H2,1-2H3;1H. The Labute approximate surface area is 222 Å². The molecule has 190 valence electrons. The number of carbonyl (C=O) groups excluding carboxylic acids is 1. The predicted octanol–water partition coefficient (Wildman–Crippen LogP) is 5.30. The van der Waals surface area contributed by atoms with Gasteiger partial charge in [-0.2, -0.15) is 0 Å². The van der Waals surface area contributed by atoms with Crippen LogP contribution in [0.1, 0.15) is 16.8 Å². The van der Waals surface area contributed by atoms with E-state index in [9.17, 15) is 9.59 Å². The molecule has 37 heavy (non-hydrogen) atoms. The van der Waals surface area contributed by atoms with Gasteiger partial charge >= 0.3 is 5.63 Å². The highest BCUT2D eigenvalue weighted by Gasteiger charge is 2.26. The van der Waals surface area contributed by atoms with Gasteiger partial charge in [-0.15, -0.1) is 12.4 Å². The molecular formula is C27H24ClN3O5S. The molecule has 2 aromatic heterocycles. The lowest BCUT2D eigenvalue weighted by Gasteiger charge is -2.20. The normalized spacial score (nSPS) is 12.4. The number of halogens is 1. The maximum absolute atomic E-state index is 13.9. The van der Waals surface area contributed by atoms with Crippen molar-refractivity contribution in [3.8, 4) is 11.5 Å². The smallest absolute Gasteiger partial charge is 0.349 e. The third-order valence-corrected chi connectivity index (χ3v) is 7.25. The van der Waals surface area contributed by atoms with Crippen LogP contribution in [0.2, 0.25) is 0 Å². The second-order valence-electron chi connectivity index (χ2n) is 8.93. The van der Waals surface area contributed by atoms with Crippen molar-refractivity contribution in [2.75, 3.05) is 38.9 Å². The molecule has 5 aromatic rings. The quantitative estimate of drug-likeness (QED) is 0.214. The summed E-state index contributed by atoms with van der Waals surface area (Å²) < 4.78 is 17.4. The Morgan fingerprint density at radius 3 is 2.59 bits per heavy atom. The van der Waals surface area contributed by atoms with Gasteiger partial charge in [0.15, 0.2) is 16.6 Å². The SMILES string of the molecule is CN(C)CCCN(C(=O)c1cc2c(ccc3ccccc32)oc1=O)c1nc2cc3c(cc2s1)OCO3.Cl. The number of anilines is 1. The average molecular weight is 538 g/mol. The molecule has 3 aromatic carbocycles. The molecule has 0 saturated carbocycles. The molecule has 0 N–H and O–H groups in total. The number of nitrogens with zero attached hydrogens (tertiary/aromatic N) is 3. The molecule has 0 aliphatic carbocycles. The van der Waals surface area contributed by atoms with E-state index in [1.165, 1.54) is 11.3 Å². The van der Waals surface area contributed by atoms with Crippen molar-refractivity contribution in [2.45, 2.75) is 6.42 Å². The first-order valence-electron chi connectivity index (χ1n) is 11.6. The minimum atomic E-state index is -0.665. The minimum Gasteiger partial charge on any atom is -0.454 e. The second-order valence-corrected chi connectivity index (χ2v) is 9.94. The maximum atomic E-state index is 13.9. The van der Waals surface area contributed by atoms with E-state index in [-0.39, 0.29) is 24.8 Å². The van der Waals surface area contributed by atoms with Gasteiger partial charge in [0.05, 0.1) is 10.2 Å². The average Bonchev–Trinajstić information content (AvgIpc) is 3.49. The summed E-state index contributed by atoms with van der Waals surface area (Å²) in [5.74, 6) is 0.855. The zero-order valence-corrected chi connectivity index (χ0v) is 21.9. The number of hydrogen-bond donors (Lipinski definition) is 0. The van der Waals surface area contributed by atoms with Crippen LogP contribution < -0.4 is 20.0 Å². The van der Waals surface area contributed by atoms with Gasteiger partial charge in [-0.1, -0.05) is 41.7 Å². The van der Waals surface area contributed by atoms with Crippen LogP contribution in [0.5, 0.6) is 11.5 Å². The highest BCUT2D eigenvalue weighted by Crippen LogP contribution is 2.40. The number of ether oxygens (including phenoxy) is 2. The Bertz CT molecular complexity index is 1660. The first-order valence-corrected chi connectivity index (χ1v) is 12.4. The molecule has 0 saturated heterocycles. The summed E-state index contributed by atoms with van der Waals surface area (Å²) in [6, 6.07) is 16.8. The minimum absolute atomic E-state index is 0. The molecule has 1 aliphatic heterocycles. The van der Waals surface area contributed by atoms with Gasteiger partial charge in [-0.05, 0) is 50.0 Å². The molecule has 0 radical (unpaired) electrons. The van der Waals surface area contributed by atoms with Gasteiger partial charge in [-0.3, -0.25) is 9.69 Å². The molecule has 0 atom stereocenters. The molecule has 3 heterocycles. The number of fused-ring (bicyclic) bond motifs is 5. The van der Waals surface area contributed by atoms with Crippen LogP contribution in [-0.2, 0) is 0 Å². The Morgan fingerprint density at radius 2 is 1.78 bits per heavy atom. The fraction of sp³-hybridized carbons (Fsp3) is 0.222. The molecule has 10 heteroatoms. The van der Waals surface area contributed by atoms with Crippen LogP contribution in [0.4, 0.5) is 5.13 Å². The van der Waals surface area contributed by atoms with E-state index >= 15 is 0 Å². The lowest BCUT2D eigenvalue weighted by molar-refractivity contribution is 0.0982. The molecule has 1 amide bonds.